The van der Waals surface area contributed by atoms with E-state index in [0.717, 1.165) is 38.2 Å². The lowest BCUT2D eigenvalue weighted by atomic mass is 10.0. The number of ether oxygens (including phenoxy) is 3. The first kappa shape index (κ1) is 42.6. The predicted molar refractivity (Wildman–Crippen MR) is 225 cm³/mol. The Bertz CT molecular complexity index is 2080. The molecule has 0 heterocycles. The van der Waals surface area contributed by atoms with Crippen molar-refractivity contribution in [2.45, 2.75) is 85.0 Å². The summed E-state index contributed by atoms with van der Waals surface area (Å²) >= 11 is 0. The van der Waals surface area contributed by atoms with Crippen LogP contribution in [0, 0.1) is 0 Å². The normalized spacial score (nSPS) is 12.7. The lowest BCUT2D eigenvalue weighted by Gasteiger charge is -2.37. The van der Waals surface area contributed by atoms with Crippen molar-refractivity contribution >= 4 is 39.4 Å². The number of hydrogen-bond acceptors (Lipinski definition) is 7. The molecule has 11 nitrogen and oxygen atoms in total. The first-order valence-electron chi connectivity index (χ1n) is 19.6. The number of hydrogen-bond donors (Lipinski definition) is 3. The summed E-state index contributed by atoms with van der Waals surface area (Å²) in [6.07, 6.45) is -0.498. The summed E-state index contributed by atoms with van der Waals surface area (Å²) in [6.45, 7) is 12.8. The number of benzene rings is 5. The molecule has 302 valence electrons. The summed E-state index contributed by atoms with van der Waals surface area (Å²) < 4.78 is 18.1. The van der Waals surface area contributed by atoms with Gasteiger partial charge in [-0.1, -0.05) is 97.1 Å². The fourth-order valence-electron chi connectivity index (χ4n) is 6.85. The Kier molecular flexibility index (Phi) is 15.0. The van der Waals surface area contributed by atoms with E-state index in [0.29, 0.717) is 25.5 Å². The monoisotopic (exact) mass is 775 g/mol. The molecular weight excluding hydrogens is 719 g/mol. The molecule has 0 radical (unpaired) electrons. The Labute approximate surface area is 336 Å². The van der Waals surface area contributed by atoms with E-state index in [1.807, 2.05) is 151 Å². The topological polar surface area (TPSA) is 121 Å². The Balaban J connectivity index is 1.37. The van der Waals surface area contributed by atoms with Crippen molar-refractivity contribution in [1.29, 1.82) is 0 Å². The Morgan fingerprint density at radius 2 is 1.30 bits per heavy atom. The van der Waals surface area contributed by atoms with Crippen LogP contribution in [0.25, 0.3) is 21.5 Å². The number of fused-ring (bicyclic) bond motifs is 2. The van der Waals surface area contributed by atoms with Crippen LogP contribution in [0.2, 0.25) is 0 Å². The van der Waals surface area contributed by atoms with Crippen LogP contribution >= 0.6 is 0 Å². The number of amides is 4. The van der Waals surface area contributed by atoms with Gasteiger partial charge in [-0.25, -0.2) is 9.80 Å². The third-order valence-corrected chi connectivity index (χ3v) is 9.46. The minimum atomic E-state index is -0.971. The SMILES string of the molecule is CCOC(OCC)C(C)N(Cc1cccc2ccccc12)C(=O)C(Cc1ccc(OC(C)(C)C)cc1)NC(=O)CN(C)NC(=O)NCc1cccc2ccccc12. The predicted octanol–water partition coefficient (Wildman–Crippen LogP) is 7.36. The van der Waals surface area contributed by atoms with Gasteiger partial charge < -0.3 is 29.7 Å². The van der Waals surface area contributed by atoms with Crippen LogP contribution in [0.5, 0.6) is 5.75 Å². The molecule has 0 saturated heterocycles. The van der Waals surface area contributed by atoms with E-state index in [1.54, 1.807) is 11.9 Å². The van der Waals surface area contributed by atoms with Gasteiger partial charge >= 0.3 is 6.03 Å². The third-order valence-electron chi connectivity index (χ3n) is 9.46. The summed E-state index contributed by atoms with van der Waals surface area (Å²) in [5, 5.41) is 11.5. The zero-order chi connectivity index (χ0) is 41.0. The van der Waals surface area contributed by atoms with Crippen LogP contribution in [-0.4, -0.2) is 78.5 Å². The van der Waals surface area contributed by atoms with Crippen molar-refractivity contribution in [3.8, 4) is 5.75 Å². The highest BCUT2D eigenvalue weighted by atomic mass is 16.7. The molecule has 0 aliphatic heterocycles. The highest BCUT2D eigenvalue weighted by molar-refractivity contribution is 5.90. The maximum Gasteiger partial charge on any atom is 0.329 e. The highest BCUT2D eigenvalue weighted by Gasteiger charge is 2.34. The van der Waals surface area contributed by atoms with Crippen LogP contribution < -0.4 is 20.8 Å². The number of urea groups is 1. The van der Waals surface area contributed by atoms with Gasteiger partial charge in [0.05, 0.1) is 12.6 Å². The van der Waals surface area contributed by atoms with Crippen molar-refractivity contribution in [3.05, 3.63) is 126 Å². The van der Waals surface area contributed by atoms with Crippen molar-refractivity contribution in [2.24, 2.45) is 0 Å². The minimum absolute atomic E-state index is 0.204. The third kappa shape index (κ3) is 12.2. The van der Waals surface area contributed by atoms with Crippen molar-refractivity contribution in [2.75, 3.05) is 26.8 Å². The van der Waals surface area contributed by atoms with Gasteiger partial charge in [-0.15, -0.1) is 0 Å². The number of nitrogens with zero attached hydrogens (tertiary/aromatic N) is 2. The van der Waals surface area contributed by atoms with E-state index in [-0.39, 0.29) is 31.0 Å². The second kappa shape index (κ2) is 20.1. The molecule has 5 rings (SSSR count). The number of carbonyl (C=O) groups excluding carboxylic acids is 3. The molecule has 0 aromatic heterocycles. The standard InChI is InChI=1S/C46H57N5O6/c1-8-55-44(56-9-2)32(3)51(30-37-21-15-19-35-17-11-13-23-40(35)37)43(53)41(28-33-24-26-38(27-25-33)57-46(4,5)6)48-42(52)31-50(7)49-45(54)47-29-36-20-14-18-34-16-10-12-22-39(34)36/h10-27,32,41,44H,8-9,28-31H2,1-7H3,(H,48,52)(H2,47,49,54). The first-order valence-corrected chi connectivity index (χ1v) is 19.6. The number of hydrazine groups is 1. The molecule has 3 N–H and O–H groups in total. The molecule has 0 saturated carbocycles. The van der Waals surface area contributed by atoms with Gasteiger partial charge in [0.1, 0.15) is 17.4 Å². The van der Waals surface area contributed by atoms with E-state index in [1.165, 1.54) is 5.01 Å². The van der Waals surface area contributed by atoms with Gasteiger partial charge in [0.25, 0.3) is 0 Å². The molecule has 5 aromatic rings. The second-order valence-electron chi connectivity index (χ2n) is 15.1. The molecule has 0 fully saturated rings. The molecule has 57 heavy (non-hydrogen) atoms. The molecular formula is C46H57N5O6. The average molecular weight is 776 g/mol. The highest BCUT2D eigenvalue weighted by Crippen LogP contribution is 2.25. The average Bonchev–Trinajstić information content (AvgIpc) is 3.18. The van der Waals surface area contributed by atoms with Crippen molar-refractivity contribution in [3.63, 3.8) is 0 Å². The van der Waals surface area contributed by atoms with Gasteiger partial charge in [0.2, 0.25) is 11.8 Å². The van der Waals surface area contributed by atoms with Crippen LogP contribution in [0.15, 0.2) is 109 Å². The van der Waals surface area contributed by atoms with Gasteiger partial charge in [-0.2, -0.15) is 0 Å². The number of rotatable bonds is 18. The number of likely N-dealkylation sites (N-methyl/N-ethyl adjacent to an activating group) is 1. The number of nitrogens with one attached hydrogen (secondary N) is 3. The molecule has 11 heteroatoms. The van der Waals surface area contributed by atoms with E-state index < -0.39 is 30.3 Å². The molecule has 2 atom stereocenters. The summed E-state index contributed by atoms with van der Waals surface area (Å²) in [5.74, 6) is -0.0412. The Morgan fingerprint density at radius 1 is 0.737 bits per heavy atom. The van der Waals surface area contributed by atoms with E-state index in [2.05, 4.69) is 16.1 Å². The molecule has 0 aliphatic carbocycles. The smallest absolute Gasteiger partial charge is 0.329 e. The summed E-state index contributed by atoms with van der Waals surface area (Å²) in [4.78, 5) is 43.4. The molecule has 2 unspecified atom stereocenters. The lowest BCUT2D eigenvalue weighted by Crippen LogP contribution is -2.56. The van der Waals surface area contributed by atoms with Gasteiger partial charge in [-0.3, -0.25) is 15.0 Å². The van der Waals surface area contributed by atoms with E-state index in [4.69, 9.17) is 14.2 Å². The van der Waals surface area contributed by atoms with Crippen LogP contribution in [-0.2, 0) is 38.6 Å². The summed E-state index contributed by atoms with van der Waals surface area (Å²) in [6, 6.07) is 33.6. The van der Waals surface area contributed by atoms with Crippen molar-refractivity contribution < 1.29 is 28.6 Å². The Morgan fingerprint density at radius 3 is 1.89 bits per heavy atom. The zero-order valence-corrected chi connectivity index (χ0v) is 34.2. The van der Waals surface area contributed by atoms with Gasteiger partial charge in [0, 0.05) is 39.8 Å². The molecule has 4 amide bonds. The fraction of sp³-hybridized carbons (Fsp3) is 0.370. The van der Waals surface area contributed by atoms with Crippen LogP contribution in [0.1, 0.15) is 58.2 Å². The van der Waals surface area contributed by atoms with E-state index >= 15 is 0 Å². The zero-order valence-electron chi connectivity index (χ0n) is 34.2. The minimum Gasteiger partial charge on any atom is -0.488 e. The molecule has 0 spiro atoms. The largest absolute Gasteiger partial charge is 0.488 e. The van der Waals surface area contributed by atoms with E-state index in [9.17, 15) is 14.4 Å². The molecule has 5 aromatic carbocycles. The number of carbonyl (C=O) groups is 3. The summed E-state index contributed by atoms with van der Waals surface area (Å²) in [5.41, 5.74) is 5.10. The van der Waals surface area contributed by atoms with Crippen LogP contribution in [0.3, 0.4) is 0 Å². The molecule has 0 aliphatic rings. The Hall–Kier alpha value is -5.49. The first-order chi connectivity index (χ1) is 27.3. The second-order valence-corrected chi connectivity index (χ2v) is 15.1. The maximum atomic E-state index is 15.0. The maximum absolute atomic E-state index is 15.0. The lowest BCUT2D eigenvalue weighted by molar-refractivity contribution is -0.179. The van der Waals surface area contributed by atoms with Gasteiger partial charge in [0.15, 0.2) is 6.29 Å². The van der Waals surface area contributed by atoms with Crippen molar-refractivity contribution in [1.82, 2.24) is 26.0 Å². The summed E-state index contributed by atoms with van der Waals surface area (Å²) in [7, 11) is 1.60. The van der Waals surface area contributed by atoms with Gasteiger partial charge in [-0.05, 0) is 91.9 Å². The quantitative estimate of drug-likeness (QED) is 0.0629. The molecule has 0 bridgehead atoms. The van der Waals surface area contributed by atoms with Crippen LogP contribution in [0.4, 0.5) is 4.79 Å². The fourth-order valence-corrected chi connectivity index (χ4v) is 6.85.